The molecular weight excluding hydrogens is 310 g/mol. The van der Waals surface area contributed by atoms with Crippen LogP contribution in [0.2, 0.25) is 0 Å². The van der Waals surface area contributed by atoms with Gasteiger partial charge in [-0.25, -0.2) is 0 Å². The van der Waals surface area contributed by atoms with E-state index in [-0.39, 0.29) is 11.9 Å². The molecule has 0 aliphatic carbocycles. The lowest BCUT2D eigenvalue weighted by Crippen LogP contribution is -2.49. The Kier molecular flexibility index (Phi) is 5.18. The molecule has 6 heteroatoms. The number of amidine groups is 1. The highest BCUT2D eigenvalue weighted by molar-refractivity contribution is 9.10. The van der Waals surface area contributed by atoms with Crippen LogP contribution in [0.15, 0.2) is 28.7 Å². The maximum Gasteiger partial charge on any atom is 0.127 e. The fourth-order valence-corrected chi connectivity index (χ4v) is 2.18. The largest absolute Gasteiger partial charge is 0.492 e. The first kappa shape index (κ1) is 14.3. The van der Waals surface area contributed by atoms with Crippen LogP contribution in [0.3, 0.4) is 0 Å². The molecule has 1 aromatic carbocycles. The van der Waals surface area contributed by atoms with Gasteiger partial charge in [0, 0.05) is 24.1 Å². The standard InChI is InChI=1S/C13H18BrN3O2/c14-10-1-3-11(4-2-10)18-7-5-17-6-8-19-12(9-17)13(15)16/h1-4,12H,5-9H2,(H3,15,16). The first-order valence-electron chi connectivity index (χ1n) is 6.21. The molecule has 1 aromatic rings. The van der Waals surface area contributed by atoms with Gasteiger partial charge in [-0.15, -0.1) is 0 Å². The molecule has 0 aromatic heterocycles. The van der Waals surface area contributed by atoms with Gasteiger partial charge in [0.05, 0.1) is 6.61 Å². The quantitative estimate of drug-likeness (QED) is 0.634. The van der Waals surface area contributed by atoms with Crippen molar-refractivity contribution in [3.63, 3.8) is 0 Å². The summed E-state index contributed by atoms with van der Waals surface area (Å²) in [4.78, 5) is 2.20. The van der Waals surface area contributed by atoms with E-state index >= 15 is 0 Å². The van der Waals surface area contributed by atoms with E-state index in [1.807, 2.05) is 24.3 Å². The first-order chi connectivity index (χ1) is 9.15. The minimum atomic E-state index is -0.276. The van der Waals surface area contributed by atoms with Crippen molar-refractivity contribution in [2.24, 2.45) is 5.73 Å². The molecule has 19 heavy (non-hydrogen) atoms. The van der Waals surface area contributed by atoms with Crippen molar-refractivity contribution in [2.75, 3.05) is 32.8 Å². The van der Waals surface area contributed by atoms with E-state index in [2.05, 4.69) is 20.8 Å². The van der Waals surface area contributed by atoms with Gasteiger partial charge < -0.3 is 15.2 Å². The molecule has 0 spiro atoms. The van der Waals surface area contributed by atoms with Crippen LogP contribution in [0, 0.1) is 5.41 Å². The van der Waals surface area contributed by atoms with E-state index in [1.54, 1.807) is 0 Å². The van der Waals surface area contributed by atoms with Gasteiger partial charge in [-0.05, 0) is 24.3 Å². The molecular formula is C13H18BrN3O2. The number of nitrogens with one attached hydrogen (secondary N) is 1. The van der Waals surface area contributed by atoms with Crippen molar-refractivity contribution in [2.45, 2.75) is 6.10 Å². The van der Waals surface area contributed by atoms with Gasteiger partial charge >= 0.3 is 0 Å². The number of hydrogen-bond donors (Lipinski definition) is 2. The minimum Gasteiger partial charge on any atom is -0.492 e. The van der Waals surface area contributed by atoms with Crippen LogP contribution < -0.4 is 10.5 Å². The molecule has 1 aliphatic rings. The Labute approximate surface area is 121 Å². The summed E-state index contributed by atoms with van der Waals surface area (Å²) in [5.74, 6) is 0.957. The summed E-state index contributed by atoms with van der Waals surface area (Å²) in [7, 11) is 0. The van der Waals surface area contributed by atoms with Crippen LogP contribution in [0.5, 0.6) is 5.75 Å². The SMILES string of the molecule is N=C(N)C1CN(CCOc2ccc(Br)cc2)CCO1. The molecule has 1 aliphatic heterocycles. The fourth-order valence-electron chi connectivity index (χ4n) is 1.92. The Balaban J connectivity index is 1.73. The number of hydrogen-bond acceptors (Lipinski definition) is 4. The van der Waals surface area contributed by atoms with Crippen LogP contribution >= 0.6 is 15.9 Å². The molecule has 1 fully saturated rings. The van der Waals surface area contributed by atoms with Crippen molar-refractivity contribution in [3.8, 4) is 5.75 Å². The maximum absolute atomic E-state index is 7.40. The average Bonchev–Trinajstić information content (AvgIpc) is 2.41. The summed E-state index contributed by atoms with van der Waals surface area (Å²) in [6.07, 6.45) is -0.276. The molecule has 1 unspecified atom stereocenters. The van der Waals surface area contributed by atoms with Gasteiger partial charge in [0.15, 0.2) is 0 Å². The summed E-state index contributed by atoms with van der Waals surface area (Å²) in [5, 5.41) is 7.40. The van der Waals surface area contributed by atoms with E-state index in [0.717, 1.165) is 23.3 Å². The normalized spacial score (nSPS) is 20.2. The molecule has 104 valence electrons. The van der Waals surface area contributed by atoms with Gasteiger partial charge in [-0.3, -0.25) is 10.3 Å². The lowest BCUT2D eigenvalue weighted by Gasteiger charge is -2.32. The second kappa shape index (κ2) is 6.88. The van der Waals surface area contributed by atoms with Crippen LogP contribution in [-0.4, -0.2) is 49.7 Å². The Morgan fingerprint density at radius 3 is 2.89 bits per heavy atom. The molecule has 1 heterocycles. The van der Waals surface area contributed by atoms with Crippen LogP contribution in [0.1, 0.15) is 0 Å². The lowest BCUT2D eigenvalue weighted by molar-refractivity contribution is 0.00156. The second-order valence-corrected chi connectivity index (χ2v) is 5.33. The molecule has 5 nitrogen and oxygen atoms in total. The van der Waals surface area contributed by atoms with Gasteiger partial charge in [-0.1, -0.05) is 15.9 Å². The first-order valence-corrected chi connectivity index (χ1v) is 7.00. The lowest BCUT2D eigenvalue weighted by atomic mass is 10.2. The van der Waals surface area contributed by atoms with Gasteiger partial charge in [0.25, 0.3) is 0 Å². The van der Waals surface area contributed by atoms with Crippen molar-refractivity contribution in [1.29, 1.82) is 5.41 Å². The molecule has 1 atom stereocenters. The van der Waals surface area contributed by atoms with Crippen molar-refractivity contribution in [1.82, 2.24) is 4.90 Å². The Morgan fingerprint density at radius 1 is 1.47 bits per heavy atom. The zero-order valence-electron chi connectivity index (χ0n) is 10.6. The van der Waals surface area contributed by atoms with Crippen molar-refractivity contribution in [3.05, 3.63) is 28.7 Å². The summed E-state index contributed by atoms with van der Waals surface area (Å²) in [5.41, 5.74) is 5.46. The number of rotatable bonds is 5. The third-order valence-electron chi connectivity index (χ3n) is 2.99. The summed E-state index contributed by atoms with van der Waals surface area (Å²) < 4.78 is 12.1. The molecule has 0 amide bonds. The molecule has 3 N–H and O–H groups in total. The highest BCUT2D eigenvalue weighted by Crippen LogP contribution is 2.16. The molecule has 2 rings (SSSR count). The van der Waals surface area contributed by atoms with Crippen LogP contribution in [-0.2, 0) is 4.74 Å². The Hall–Kier alpha value is -1.11. The van der Waals surface area contributed by atoms with Crippen LogP contribution in [0.25, 0.3) is 0 Å². The second-order valence-electron chi connectivity index (χ2n) is 4.42. The fraction of sp³-hybridized carbons (Fsp3) is 0.462. The monoisotopic (exact) mass is 327 g/mol. The number of morpholine rings is 1. The van der Waals surface area contributed by atoms with E-state index in [9.17, 15) is 0 Å². The third kappa shape index (κ3) is 4.49. The smallest absolute Gasteiger partial charge is 0.127 e. The Bertz CT molecular complexity index is 424. The van der Waals surface area contributed by atoms with E-state index in [4.69, 9.17) is 20.6 Å². The summed E-state index contributed by atoms with van der Waals surface area (Å²) in [6, 6.07) is 7.77. The Morgan fingerprint density at radius 2 is 2.21 bits per heavy atom. The highest BCUT2D eigenvalue weighted by atomic mass is 79.9. The van der Waals surface area contributed by atoms with Crippen molar-refractivity contribution < 1.29 is 9.47 Å². The zero-order chi connectivity index (χ0) is 13.7. The number of halogens is 1. The maximum atomic E-state index is 7.40. The topological polar surface area (TPSA) is 71.6 Å². The molecule has 0 saturated carbocycles. The number of ether oxygens (including phenoxy) is 2. The molecule has 0 radical (unpaired) electrons. The van der Waals surface area contributed by atoms with Crippen molar-refractivity contribution >= 4 is 21.8 Å². The average molecular weight is 328 g/mol. The predicted octanol–water partition coefficient (Wildman–Crippen LogP) is 1.46. The van der Waals surface area contributed by atoms with Gasteiger partial charge in [0.2, 0.25) is 0 Å². The van der Waals surface area contributed by atoms with Gasteiger partial charge in [-0.2, -0.15) is 0 Å². The number of nitrogens with zero attached hydrogens (tertiary/aromatic N) is 1. The van der Waals surface area contributed by atoms with E-state index < -0.39 is 0 Å². The third-order valence-corrected chi connectivity index (χ3v) is 3.52. The minimum absolute atomic E-state index is 0.0959. The van der Waals surface area contributed by atoms with Gasteiger partial charge in [0.1, 0.15) is 24.3 Å². The number of nitrogens with two attached hydrogens (primary N) is 1. The molecule has 1 saturated heterocycles. The van der Waals surface area contributed by atoms with E-state index in [1.165, 1.54) is 0 Å². The number of benzene rings is 1. The van der Waals surface area contributed by atoms with E-state index in [0.29, 0.717) is 19.8 Å². The summed E-state index contributed by atoms with van der Waals surface area (Å²) in [6.45, 7) is 3.56. The highest BCUT2D eigenvalue weighted by Gasteiger charge is 2.22. The predicted molar refractivity (Wildman–Crippen MR) is 77.7 cm³/mol. The van der Waals surface area contributed by atoms with Crippen LogP contribution in [0.4, 0.5) is 0 Å². The molecule has 0 bridgehead atoms. The zero-order valence-corrected chi connectivity index (χ0v) is 12.2. The summed E-state index contributed by atoms with van der Waals surface area (Å²) >= 11 is 3.39.